The normalized spacial score (nSPS) is 19.0. The van der Waals surface area contributed by atoms with Crippen molar-refractivity contribution in [3.63, 3.8) is 0 Å². The molecule has 0 saturated carbocycles. The summed E-state index contributed by atoms with van der Waals surface area (Å²) in [4.78, 5) is 4.07. The molecule has 0 aliphatic carbocycles. The van der Waals surface area contributed by atoms with E-state index in [1.165, 1.54) is 18.7 Å². The summed E-state index contributed by atoms with van der Waals surface area (Å²) in [7, 11) is 0. The lowest BCUT2D eigenvalue weighted by Gasteiger charge is -2.23. The molecule has 1 fully saturated rings. The molecule has 118 valence electrons. The summed E-state index contributed by atoms with van der Waals surface area (Å²) in [5.41, 5.74) is 0.756. The lowest BCUT2D eigenvalue weighted by Crippen LogP contribution is -2.26. The van der Waals surface area contributed by atoms with Gasteiger partial charge in [-0.2, -0.15) is 0 Å². The number of pyridine rings is 1. The molecule has 1 unspecified atom stereocenters. The van der Waals surface area contributed by atoms with Crippen molar-refractivity contribution in [1.29, 1.82) is 0 Å². The van der Waals surface area contributed by atoms with Gasteiger partial charge < -0.3 is 14.8 Å². The molecule has 0 aromatic carbocycles. The first kappa shape index (κ1) is 16.2. The van der Waals surface area contributed by atoms with E-state index in [2.05, 4.69) is 24.1 Å². The van der Waals surface area contributed by atoms with Crippen molar-refractivity contribution in [1.82, 2.24) is 10.3 Å². The van der Waals surface area contributed by atoms with E-state index in [4.69, 9.17) is 9.47 Å². The van der Waals surface area contributed by atoms with Crippen LogP contribution in [-0.2, 0) is 11.3 Å². The topological polar surface area (TPSA) is 43.4 Å². The zero-order valence-corrected chi connectivity index (χ0v) is 12.9. The number of rotatable bonds is 7. The fourth-order valence-electron chi connectivity index (χ4n) is 2.33. The molecule has 0 amide bonds. The van der Waals surface area contributed by atoms with Gasteiger partial charge in [0, 0.05) is 18.7 Å². The van der Waals surface area contributed by atoms with Gasteiger partial charge in [-0.25, -0.2) is 9.37 Å². The molecule has 1 aliphatic rings. The van der Waals surface area contributed by atoms with E-state index < -0.39 is 0 Å². The summed E-state index contributed by atoms with van der Waals surface area (Å²) in [6.07, 6.45) is 4.64. The molecule has 0 bridgehead atoms. The predicted molar refractivity (Wildman–Crippen MR) is 79.8 cm³/mol. The number of halogens is 1. The van der Waals surface area contributed by atoms with Crippen LogP contribution in [0.2, 0.25) is 0 Å². The molecule has 21 heavy (non-hydrogen) atoms. The van der Waals surface area contributed by atoms with Crippen LogP contribution in [-0.4, -0.2) is 30.8 Å². The zero-order chi connectivity index (χ0) is 15.1. The Kier molecular flexibility index (Phi) is 6.39. The summed E-state index contributed by atoms with van der Waals surface area (Å²) < 4.78 is 24.7. The number of nitrogens with zero attached hydrogens (tertiary/aromatic N) is 1. The van der Waals surface area contributed by atoms with E-state index in [-0.39, 0.29) is 11.9 Å². The second-order valence-corrected chi connectivity index (χ2v) is 5.94. The third kappa shape index (κ3) is 5.59. The van der Waals surface area contributed by atoms with E-state index in [1.54, 1.807) is 0 Å². The summed E-state index contributed by atoms with van der Waals surface area (Å²) in [6.45, 7) is 6.98. The summed E-state index contributed by atoms with van der Waals surface area (Å²) in [5.74, 6) is 0.714. The third-order valence-corrected chi connectivity index (χ3v) is 3.44. The Bertz CT molecular complexity index is 434. The summed E-state index contributed by atoms with van der Waals surface area (Å²) in [6, 6.07) is 1.48. The molecule has 5 heteroatoms. The Balaban J connectivity index is 1.90. The molecule has 1 aromatic rings. The second-order valence-electron chi connectivity index (χ2n) is 5.94. The number of hydrogen-bond donors (Lipinski definition) is 1. The maximum Gasteiger partial charge on any atom is 0.218 e. The first-order valence-corrected chi connectivity index (χ1v) is 7.74. The van der Waals surface area contributed by atoms with Crippen molar-refractivity contribution in [2.45, 2.75) is 45.8 Å². The highest BCUT2D eigenvalue weighted by molar-refractivity contribution is 5.26. The van der Waals surface area contributed by atoms with Crippen LogP contribution < -0.4 is 10.1 Å². The Labute approximate surface area is 126 Å². The first-order chi connectivity index (χ1) is 10.1. The largest absolute Gasteiger partial charge is 0.475 e. The maximum atomic E-state index is 13.4. The number of ether oxygens (including phenoxy) is 2. The highest BCUT2D eigenvalue weighted by Crippen LogP contribution is 2.19. The SMILES string of the molecule is CC(C)CNCc1cc(F)cnc1OCC1CCCCO1. The first-order valence-electron chi connectivity index (χ1n) is 7.74. The minimum Gasteiger partial charge on any atom is -0.475 e. The van der Waals surface area contributed by atoms with Gasteiger partial charge in [-0.3, -0.25) is 0 Å². The van der Waals surface area contributed by atoms with Crippen LogP contribution in [0.5, 0.6) is 5.88 Å². The molecule has 1 aromatic heterocycles. The summed E-state index contributed by atoms with van der Waals surface area (Å²) in [5, 5.41) is 3.29. The smallest absolute Gasteiger partial charge is 0.218 e. The fraction of sp³-hybridized carbons (Fsp3) is 0.688. The quantitative estimate of drug-likeness (QED) is 0.840. The van der Waals surface area contributed by atoms with Crippen LogP contribution in [0.3, 0.4) is 0 Å². The molecule has 4 nitrogen and oxygen atoms in total. The van der Waals surface area contributed by atoms with E-state index in [0.717, 1.165) is 31.6 Å². The zero-order valence-electron chi connectivity index (χ0n) is 12.9. The molecule has 0 radical (unpaired) electrons. The van der Waals surface area contributed by atoms with Gasteiger partial charge in [0.05, 0.1) is 12.3 Å². The molecule has 0 spiro atoms. The van der Waals surface area contributed by atoms with Gasteiger partial charge in [-0.1, -0.05) is 13.8 Å². The van der Waals surface area contributed by atoms with E-state index in [9.17, 15) is 4.39 Å². The average Bonchev–Trinajstić information content (AvgIpc) is 2.47. The van der Waals surface area contributed by atoms with Crippen molar-refractivity contribution in [3.8, 4) is 5.88 Å². The van der Waals surface area contributed by atoms with Crippen molar-refractivity contribution >= 4 is 0 Å². The molecule has 2 rings (SSSR count). The number of aromatic nitrogens is 1. The van der Waals surface area contributed by atoms with Crippen molar-refractivity contribution in [2.75, 3.05) is 19.8 Å². The van der Waals surface area contributed by atoms with Gasteiger partial charge in [0.2, 0.25) is 5.88 Å². The summed E-state index contributed by atoms with van der Waals surface area (Å²) >= 11 is 0. The van der Waals surface area contributed by atoms with Gasteiger partial charge in [0.1, 0.15) is 12.4 Å². The van der Waals surface area contributed by atoms with Crippen LogP contribution in [0.1, 0.15) is 38.7 Å². The highest BCUT2D eigenvalue weighted by atomic mass is 19.1. The standard InChI is InChI=1S/C16H25FN2O2/c1-12(2)8-18-9-13-7-14(17)10-19-16(13)21-11-15-5-3-4-6-20-15/h7,10,12,15,18H,3-6,8-9,11H2,1-2H3. The second kappa shape index (κ2) is 8.29. The number of nitrogens with one attached hydrogen (secondary N) is 1. The van der Waals surface area contributed by atoms with Crippen LogP contribution in [0, 0.1) is 11.7 Å². The Morgan fingerprint density at radius 3 is 3.05 bits per heavy atom. The Hall–Kier alpha value is -1.20. The molecular formula is C16H25FN2O2. The van der Waals surface area contributed by atoms with Crippen molar-refractivity contribution < 1.29 is 13.9 Å². The van der Waals surface area contributed by atoms with E-state index in [1.807, 2.05) is 0 Å². The van der Waals surface area contributed by atoms with Crippen LogP contribution in [0.15, 0.2) is 12.3 Å². The number of hydrogen-bond acceptors (Lipinski definition) is 4. The van der Waals surface area contributed by atoms with Crippen LogP contribution >= 0.6 is 0 Å². The molecule has 2 heterocycles. The lowest BCUT2D eigenvalue weighted by atomic mass is 10.1. The van der Waals surface area contributed by atoms with Gasteiger partial charge in [-0.15, -0.1) is 0 Å². The van der Waals surface area contributed by atoms with Gasteiger partial charge >= 0.3 is 0 Å². The lowest BCUT2D eigenvalue weighted by molar-refractivity contribution is -0.0121. The van der Waals surface area contributed by atoms with Gasteiger partial charge in [0.15, 0.2) is 0 Å². The van der Waals surface area contributed by atoms with E-state index in [0.29, 0.717) is 24.9 Å². The fourth-order valence-corrected chi connectivity index (χ4v) is 2.33. The Morgan fingerprint density at radius 1 is 1.48 bits per heavy atom. The van der Waals surface area contributed by atoms with Crippen LogP contribution in [0.4, 0.5) is 4.39 Å². The Morgan fingerprint density at radius 2 is 2.33 bits per heavy atom. The third-order valence-electron chi connectivity index (χ3n) is 3.44. The molecule has 1 atom stereocenters. The minimum atomic E-state index is -0.336. The van der Waals surface area contributed by atoms with Crippen LogP contribution in [0.25, 0.3) is 0 Å². The van der Waals surface area contributed by atoms with Gasteiger partial charge in [-0.05, 0) is 37.8 Å². The molecular weight excluding hydrogens is 271 g/mol. The van der Waals surface area contributed by atoms with Crippen molar-refractivity contribution in [3.05, 3.63) is 23.6 Å². The molecule has 1 aliphatic heterocycles. The minimum absolute atomic E-state index is 0.127. The molecule has 1 N–H and O–H groups in total. The van der Waals surface area contributed by atoms with Crippen molar-refractivity contribution in [2.24, 2.45) is 5.92 Å². The van der Waals surface area contributed by atoms with E-state index >= 15 is 0 Å². The predicted octanol–water partition coefficient (Wildman–Crippen LogP) is 2.91. The monoisotopic (exact) mass is 296 g/mol. The maximum absolute atomic E-state index is 13.4. The average molecular weight is 296 g/mol. The van der Waals surface area contributed by atoms with Gasteiger partial charge in [0.25, 0.3) is 0 Å². The molecule has 1 saturated heterocycles. The highest BCUT2D eigenvalue weighted by Gasteiger charge is 2.16.